The SMILES string of the molecule is CC(C)CCN(Cc1nc2ccc(Cl)cc2n1C1CCCC1)C(=O)Cc1ccccc1. The monoisotopic (exact) mass is 437 g/mol. The Morgan fingerprint density at radius 3 is 2.61 bits per heavy atom. The molecule has 0 unspecified atom stereocenters. The van der Waals surface area contributed by atoms with E-state index in [1.165, 1.54) is 12.8 Å². The summed E-state index contributed by atoms with van der Waals surface area (Å²) in [6, 6.07) is 16.4. The van der Waals surface area contributed by atoms with E-state index in [1.54, 1.807) is 0 Å². The highest BCUT2D eigenvalue weighted by atomic mass is 35.5. The van der Waals surface area contributed by atoms with Gasteiger partial charge in [0.1, 0.15) is 5.82 Å². The Balaban J connectivity index is 1.65. The molecule has 1 aliphatic carbocycles. The first-order chi connectivity index (χ1) is 15.0. The van der Waals surface area contributed by atoms with Crippen LogP contribution in [0.1, 0.15) is 63.4 Å². The van der Waals surface area contributed by atoms with Crippen LogP contribution in [0.2, 0.25) is 5.02 Å². The minimum absolute atomic E-state index is 0.162. The average molecular weight is 438 g/mol. The third kappa shape index (κ3) is 5.30. The summed E-state index contributed by atoms with van der Waals surface area (Å²) in [5.74, 6) is 1.68. The van der Waals surface area contributed by atoms with Crippen molar-refractivity contribution in [2.24, 2.45) is 5.92 Å². The van der Waals surface area contributed by atoms with Crippen molar-refractivity contribution >= 4 is 28.5 Å². The van der Waals surface area contributed by atoms with Crippen LogP contribution in [0.4, 0.5) is 0 Å². The van der Waals surface area contributed by atoms with Crippen LogP contribution in [-0.4, -0.2) is 26.9 Å². The zero-order valence-electron chi connectivity index (χ0n) is 18.6. The van der Waals surface area contributed by atoms with Crippen molar-refractivity contribution in [1.29, 1.82) is 0 Å². The molecule has 1 aromatic heterocycles. The van der Waals surface area contributed by atoms with Crippen molar-refractivity contribution in [3.05, 3.63) is 64.9 Å². The predicted octanol–water partition coefficient (Wildman–Crippen LogP) is 6.42. The Kier molecular flexibility index (Phi) is 6.96. The van der Waals surface area contributed by atoms with Crippen LogP contribution in [0.5, 0.6) is 0 Å². The molecule has 0 atom stereocenters. The molecular formula is C26H32ClN3O. The molecule has 0 spiro atoms. The van der Waals surface area contributed by atoms with Crippen molar-refractivity contribution < 1.29 is 4.79 Å². The third-order valence-corrected chi connectivity index (χ3v) is 6.51. The highest BCUT2D eigenvalue weighted by Gasteiger charge is 2.25. The van der Waals surface area contributed by atoms with Crippen molar-refractivity contribution in [3.8, 4) is 0 Å². The lowest BCUT2D eigenvalue weighted by Gasteiger charge is -2.25. The van der Waals surface area contributed by atoms with Crippen LogP contribution >= 0.6 is 11.6 Å². The summed E-state index contributed by atoms with van der Waals surface area (Å²) < 4.78 is 2.37. The van der Waals surface area contributed by atoms with Gasteiger partial charge < -0.3 is 9.47 Å². The molecule has 1 heterocycles. The van der Waals surface area contributed by atoms with Gasteiger partial charge in [0.2, 0.25) is 5.91 Å². The number of fused-ring (bicyclic) bond motifs is 1. The number of halogens is 1. The molecule has 1 fully saturated rings. The molecule has 31 heavy (non-hydrogen) atoms. The van der Waals surface area contributed by atoms with Gasteiger partial charge in [0.15, 0.2) is 0 Å². The second-order valence-electron chi connectivity index (χ2n) is 9.13. The number of carbonyl (C=O) groups excluding carboxylic acids is 1. The van der Waals surface area contributed by atoms with E-state index < -0.39 is 0 Å². The highest BCUT2D eigenvalue weighted by molar-refractivity contribution is 6.31. The van der Waals surface area contributed by atoms with Crippen LogP contribution in [0.15, 0.2) is 48.5 Å². The lowest BCUT2D eigenvalue weighted by molar-refractivity contribution is -0.131. The van der Waals surface area contributed by atoms with Gasteiger partial charge in [-0.25, -0.2) is 4.98 Å². The van der Waals surface area contributed by atoms with Gasteiger partial charge in [0.05, 0.1) is 24.0 Å². The van der Waals surface area contributed by atoms with Gasteiger partial charge in [-0.3, -0.25) is 4.79 Å². The largest absolute Gasteiger partial charge is 0.335 e. The van der Waals surface area contributed by atoms with E-state index in [0.29, 0.717) is 24.9 Å². The molecule has 0 radical (unpaired) electrons. The number of hydrogen-bond donors (Lipinski definition) is 0. The molecule has 3 aromatic rings. The number of aromatic nitrogens is 2. The Bertz CT molecular complexity index is 1020. The number of hydrogen-bond acceptors (Lipinski definition) is 2. The van der Waals surface area contributed by atoms with Gasteiger partial charge in [0, 0.05) is 17.6 Å². The fourth-order valence-corrected chi connectivity index (χ4v) is 4.72. The number of benzene rings is 2. The molecule has 4 rings (SSSR count). The van der Waals surface area contributed by atoms with E-state index in [1.807, 2.05) is 53.4 Å². The number of carbonyl (C=O) groups is 1. The van der Waals surface area contributed by atoms with Crippen molar-refractivity contribution in [2.45, 2.75) is 65.0 Å². The first kappa shape index (κ1) is 21.9. The Morgan fingerprint density at radius 2 is 1.90 bits per heavy atom. The maximum absolute atomic E-state index is 13.3. The van der Waals surface area contributed by atoms with E-state index >= 15 is 0 Å². The number of rotatable bonds is 8. The van der Waals surface area contributed by atoms with E-state index in [-0.39, 0.29) is 5.91 Å². The van der Waals surface area contributed by atoms with E-state index in [0.717, 1.165) is 53.3 Å². The summed E-state index contributed by atoms with van der Waals surface area (Å²) in [6.45, 7) is 5.70. The standard InChI is InChI=1S/C26H32ClN3O/c1-19(2)14-15-29(26(31)16-20-8-4-3-5-9-20)18-25-28-23-13-12-21(27)17-24(23)30(25)22-10-6-7-11-22/h3-5,8-9,12-13,17,19,22H,6-7,10-11,14-16,18H2,1-2H3. The van der Waals surface area contributed by atoms with Crippen LogP contribution < -0.4 is 0 Å². The predicted molar refractivity (Wildman–Crippen MR) is 127 cm³/mol. The summed E-state index contributed by atoms with van der Waals surface area (Å²) in [4.78, 5) is 20.3. The zero-order valence-corrected chi connectivity index (χ0v) is 19.3. The van der Waals surface area contributed by atoms with Gasteiger partial charge in [-0.2, -0.15) is 0 Å². The van der Waals surface area contributed by atoms with E-state index in [9.17, 15) is 4.79 Å². The molecule has 4 nitrogen and oxygen atoms in total. The summed E-state index contributed by atoms with van der Waals surface area (Å²) >= 11 is 6.33. The topological polar surface area (TPSA) is 38.1 Å². The van der Waals surface area contributed by atoms with Gasteiger partial charge in [-0.1, -0.05) is 68.6 Å². The quantitative estimate of drug-likeness (QED) is 0.407. The smallest absolute Gasteiger partial charge is 0.227 e. The first-order valence-corrected chi connectivity index (χ1v) is 11.9. The van der Waals surface area contributed by atoms with Gasteiger partial charge in [0.25, 0.3) is 0 Å². The van der Waals surface area contributed by atoms with E-state index in [4.69, 9.17) is 16.6 Å². The summed E-state index contributed by atoms with van der Waals surface area (Å²) in [7, 11) is 0. The van der Waals surface area contributed by atoms with Gasteiger partial charge in [-0.15, -0.1) is 0 Å². The Morgan fingerprint density at radius 1 is 1.16 bits per heavy atom. The molecular weight excluding hydrogens is 406 g/mol. The molecule has 164 valence electrons. The molecule has 5 heteroatoms. The number of amides is 1. The molecule has 1 aliphatic rings. The van der Waals surface area contributed by atoms with Crippen molar-refractivity contribution in [3.63, 3.8) is 0 Å². The van der Waals surface area contributed by atoms with E-state index in [2.05, 4.69) is 18.4 Å². The summed E-state index contributed by atoms with van der Waals surface area (Å²) in [5, 5.41) is 0.731. The highest BCUT2D eigenvalue weighted by Crippen LogP contribution is 2.35. The molecule has 2 aromatic carbocycles. The molecule has 1 saturated carbocycles. The zero-order chi connectivity index (χ0) is 21.8. The second kappa shape index (κ2) is 9.86. The van der Waals surface area contributed by atoms with Gasteiger partial charge >= 0.3 is 0 Å². The number of nitrogens with zero attached hydrogens (tertiary/aromatic N) is 3. The maximum Gasteiger partial charge on any atom is 0.227 e. The molecule has 0 aliphatic heterocycles. The average Bonchev–Trinajstić information content (AvgIpc) is 3.38. The fraction of sp³-hybridized carbons (Fsp3) is 0.462. The second-order valence-corrected chi connectivity index (χ2v) is 9.57. The maximum atomic E-state index is 13.3. The Labute approximate surface area is 190 Å². The minimum Gasteiger partial charge on any atom is -0.335 e. The third-order valence-electron chi connectivity index (χ3n) is 6.27. The summed E-state index contributed by atoms with van der Waals surface area (Å²) in [5.41, 5.74) is 3.11. The molecule has 0 bridgehead atoms. The molecule has 0 saturated heterocycles. The molecule has 0 N–H and O–H groups in total. The number of imidazole rings is 1. The minimum atomic E-state index is 0.162. The fourth-order valence-electron chi connectivity index (χ4n) is 4.56. The summed E-state index contributed by atoms with van der Waals surface area (Å²) in [6.07, 6.45) is 6.22. The van der Waals surface area contributed by atoms with Crippen LogP contribution in [0.25, 0.3) is 11.0 Å². The van der Waals surface area contributed by atoms with Crippen LogP contribution in [0.3, 0.4) is 0 Å². The van der Waals surface area contributed by atoms with Crippen molar-refractivity contribution in [1.82, 2.24) is 14.5 Å². The lowest BCUT2D eigenvalue weighted by Crippen LogP contribution is -2.34. The van der Waals surface area contributed by atoms with Crippen LogP contribution in [0, 0.1) is 5.92 Å². The lowest BCUT2D eigenvalue weighted by atomic mass is 10.1. The Hall–Kier alpha value is -2.33. The normalized spacial score (nSPS) is 14.6. The van der Waals surface area contributed by atoms with Crippen LogP contribution in [-0.2, 0) is 17.8 Å². The van der Waals surface area contributed by atoms with Gasteiger partial charge in [-0.05, 0) is 48.9 Å². The first-order valence-electron chi connectivity index (χ1n) is 11.5. The van der Waals surface area contributed by atoms with Crippen molar-refractivity contribution in [2.75, 3.05) is 6.54 Å². The molecule has 1 amide bonds.